The van der Waals surface area contributed by atoms with Crippen LogP contribution in [0, 0.1) is 0 Å². The van der Waals surface area contributed by atoms with Crippen LogP contribution in [0.15, 0.2) is 65.2 Å². The molecular formula is C19H23Cl2N. The summed E-state index contributed by atoms with van der Waals surface area (Å²) in [7, 11) is 0. The molecule has 3 heteroatoms. The molecule has 0 bridgehead atoms. The van der Waals surface area contributed by atoms with Crippen LogP contribution in [0.4, 0.5) is 0 Å². The molecule has 0 amide bonds. The molecule has 1 atom stereocenters. The van der Waals surface area contributed by atoms with Crippen LogP contribution in [-0.4, -0.2) is 11.8 Å². The van der Waals surface area contributed by atoms with Gasteiger partial charge in [-0.2, -0.15) is 0 Å². The molecule has 0 aliphatic carbocycles. The smallest absolute Gasteiger partial charge is 0.0713 e. The molecule has 0 fully saturated rings. The summed E-state index contributed by atoms with van der Waals surface area (Å²) in [6.07, 6.45) is 6.98. The summed E-state index contributed by atoms with van der Waals surface area (Å²) >= 11 is 11.3. The van der Waals surface area contributed by atoms with Crippen molar-refractivity contribution in [1.82, 2.24) is 0 Å². The molecule has 0 saturated carbocycles. The van der Waals surface area contributed by atoms with E-state index < -0.39 is 0 Å². The van der Waals surface area contributed by atoms with Crippen LogP contribution in [0.3, 0.4) is 0 Å². The van der Waals surface area contributed by atoms with Crippen LogP contribution in [0.5, 0.6) is 0 Å². The number of allylic oxidation sites excluding steroid dienone is 3. The second kappa shape index (κ2) is 9.66. The lowest BCUT2D eigenvalue weighted by Gasteiger charge is -2.06. The Bertz CT molecular complexity index is 585. The fourth-order valence-electron chi connectivity index (χ4n) is 2.28. The molecule has 0 aromatic heterocycles. The molecular weight excluding hydrogens is 313 g/mol. The normalized spacial score (nSPS) is 17.4. The Labute approximate surface area is 144 Å². The van der Waals surface area contributed by atoms with Crippen molar-refractivity contribution in [1.29, 1.82) is 0 Å². The van der Waals surface area contributed by atoms with Gasteiger partial charge in [-0.15, -0.1) is 0 Å². The Morgan fingerprint density at radius 1 is 1.41 bits per heavy atom. The molecule has 0 N–H and O–H groups in total. The lowest BCUT2D eigenvalue weighted by Crippen LogP contribution is -2.00. The van der Waals surface area contributed by atoms with E-state index >= 15 is 0 Å². The van der Waals surface area contributed by atoms with Crippen molar-refractivity contribution in [2.24, 2.45) is 4.99 Å². The van der Waals surface area contributed by atoms with E-state index in [1.807, 2.05) is 18.2 Å². The molecule has 1 aromatic rings. The Morgan fingerprint density at radius 2 is 2.05 bits per heavy atom. The van der Waals surface area contributed by atoms with Gasteiger partial charge >= 0.3 is 0 Å². The quantitative estimate of drug-likeness (QED) is 0.435. The van der Waals surface area contributed by atoms with Gasteiger partial charge in [0.15, 0.2) is 0 Å². The van der Waals surface area contributed by atoms with Gasteiger partial charge < -0.3 is 0 Å². The summed E-state index contributed by atoms with van der Waals surface area (Å²) in [5, 5.41) is 1.30. The first-order chi connectivity index (χ1) is 10.5. The zero-order valence-electron chi connectivity index (χ0n) is 13.3. The fourth-order valence-corrected chi connectivity index (χ4v) is 2.52. The number of hydrogen-bond donors (Lipinski definition) is 0. The maximum absolute atomic E-state index is 6.20. The highest BCUT2D eigenvalue weighted by molar-refractivity contribution is 6.34. The SMILES string of the molecule is C=CC(=C)Cl.CC/C=C(\C)C1CCC(c2ccccc2Cl)=N1. The monoisotopic (exact) mass is 335 g/mol. The predicted octanol–water partition coefficient (Wildman–Crippen LogP) is 6.57. The molecule has 118 valence electrons. The van der Waals surface area contributed by atoms with Crippen molar-refractivity contribution in [2.75, 3.05) is 0 Å². The molecule has 2 rings (SSSR count). The van der Waals surface area contributed by atoms with Gasteiger partial charge in [0.2, 0.25) is 0 Å². The summed E-state index contributed by atoms with van der Waals surface area (Å²) in [4.78, 5) is 4.80. The van der Waals surface area contributed by atoms with Crippen LogP contribution in [-0.2, 0) is 0 Å². The van der Waals surface area contributed by atoms with Gasteiger partial charge in [-0.05, 0) is 32.3 Å². The van der Waals surface area contributed by atoms with Crippen molar-refractivity contribution >= 4 is 28.9 Å². The number of hydrogen-bond acceptors (Lipinski definition) is 1. The van der Waals surface area contributed by atoms with E-state index in [4.69, 9.17) is 28.2 Å². The molecule has 22 heavy (non-hydrogen) atoms. The van der Waals surface area contributed by atoms with E-state index in [1.165, 1.54) is 11.6 Å². The summed E-state index contributed by atoms with van der Waals surface area (Å²) in [6.45, 7) is 11.0. The maximum Gasteiger partial charge on any atom is 0.0713 e. The average molecular weight is 336 g/mol. The van der Waals surface area contributed by atoms with E-state index in [1.54, 1.807) is 0 Å². The number of halogens is 2. The zero-order valence-corrected chi connectivity index (χ0v) is 14.8. The highest BCUT2D eigenvalue weighted by atomic mass is 35.5. The lowest BCUT2D eigenvalue weighted by molar-refractivity contribution is 0.758. The Hall–Kier alpha value is -1.31. The van der Waals surface area contributed by atoms with E-state index in [-0.39, 0.29) is 0 Å². The number of nitrogens with zero attached hydrogens (tertiary/aromatic N) is 1. The minimum Gasteiger partial charge on any atom is -0.281 e. The van der Waals surface area contributed by atoms with E-state index in [2.05, 4.69) is 39.1 Å². The first-order valence-corrected chi connectivity index (χ1v) is 8.20. The molecule has 1 aromatic carbocycles. The van der Waals surface area contributed by atoms with Crippen molar-refractivity contribution in [3.05, 3.63) is 70.8 Å². The minimum atomic E-state index is 0.362. The predicted molar refractivity (Wildman–Crippen MR) is 100 cm³/mol. The molecule has 1 nitrogen and oxygen atoms in total. The Kier molecular flexibility index (Phi) is 8.22. The van der Waals surface area contributed by atoms with Crippen LogP contribution in [0.2, 0.25) is 5.02 Å². The van der Waals surface area contributed by atoms with Crippen molar-refractivity contribution < 1.29 is 0 Å². The van der Waals surface area contributed by atoms with E-state index in [0.29, 0.717) is 11.1 Å². The largest absolute Gasteiger partial charge is 0.281 e. The van der Waals surface area contributed by atoms with Gasteiger partial charge in [-0.25, -0.2) is 0 Å². The molecule has 1 aliphatic heterocycles. The maximum atomic E-state index is 6.20. The van der Waals surface area contributed by atoms with Crippen molar-refractivity contribution in [3.8, 4) is 0 Å². The molecule has 0 radical (unpaired) electrons. The van der Waals surface area contributed by atoms with Gasteiger partial charge in [0.1, 0.15) is 0 Å². The lowest BCUT2D eigenvalue weighted by atomic mass is 10.0. The van der Waals surface area contributed by atoms with Crippen LogP contribution in [0.25, 0.3) is 0 Å². The summed E-state index contributed by atoms with van der Waals surface area (Å²) in [5.41, 5.74) is 3.64. The zero-order chi connectivity index (χ0) is 16.5. The molecule has 1 aliphatic rings. The Balaban J connectivity index is 0.000000422. The van der Waals surface area contributed by atoms with Crippen LogP contribution >= 0.6 is 23.2 Å². The summed E-state index contributed by atoms with van der Waals surface area (Å²) in [5.74, 6) is 0. The Morgan fingerprint density at radius 3 is 2.59 bits per heavy atom. The van der Waals surface area contributed by atoms with E-state index in [9.17, 15) is 0 Å². The third-order valence-electron chi connectivity index (χ3n) is 3.42. The molecule has 0 spiro atoms. The van der Waals surface area contributed by atoms with Crippen molar-refractivity contribution in [3.63, 3.8) is 0 Å². The highest BCUT2D eigenvalue weighted by Gasteiger charge is 2.20. The second-order valence-corrected chi connectivity index (χ2v) is 6.01. The number of rotatable bonds is 4. The van der Waals surface area contributed by atoms with Gasteiger partial charge in [0.05, 0.1) is 6.04 Å². The molecule has 0 saturated heterocycles. The van der Waals surface area contributed by atoms with Gasteiger partial charge in [-0.1, -0.05) is 79.2 Å². The van der Waals surface area contributed by atoms with Gasteiger partial charge in [0, 0.05) is 21.3 Å². The van der Waals surface area contributed by atoms with Gasteiger partial charge in [-0.3, -0.25) is 4.99 Å². The third-order valence-corrected chi connectivity index (χ3v) is 3.91. The van der Waals surface area contributed by atoms with Gasteiger partial charge in [0.25, 0.3) is 0 Å². The van der Waals surface area contributed by atoms with E-state index in [0.717, 1.165) is 35.6 Å². The number of aliphatic imine (C=N–C) groups is 1. The van der Waals surface area contributed by atoms with Crippen LogP contribution < -0.4 is 0 Å². The fraction of sp³-hybridized carbons (Fsp3) is 0.316. The summed E-state index contributed by atoms with van der Waals surface area (Å²) in [6, 6.07) is 8.33. The summed E-state index contributed by atoms with van der Waals surface area (Å²) < 4.78 is 0. The molecule has 1 heterocycles. The second-order valence-electron chi connectivity index (χ2n) is 5.12. The average Bonchev–Trinajstić information content (AvgIpc) is 2.98. The third kappa shape index (κ3) is 5.82. The van der Waals surface area contributed by atoms with Crippen molar-refractivity contribution in [2.45, 2.75) is 39.2 Å². The minimum absolute atomic E-state index is 0.362. The van der Waals surface area contributed by atoms with Crippen LogP contribution in [0.1, 0.15) is 38.7 Å². The molecule has 1 unspecified atom stereocenters. The number of benzene rings is 1. The topological polar surface area (TPSA) is 12.4 Å². The first-order valence-electron chi connectivity index (χ1n) is 7.44. The first kappa shape index (κ1) is 18.7. The highest BCUT2D eigenvalue weighted by Crippen LogP contribution is 2.27. The standard InChI is InChI=1S/C15H18ClN.C4H5Cl/c1-3-6-11(2)14-9-10-15(17-14)12-7-4-5-8-13(12)16;1-3-4(2)5/h4-8,14H,3,9-10H2,1-2H3;3H,1-2H2/b11-6+;.